The van der Waals surface area contributed by atoms with E-state index in [0.29, 0.717) is 11.6 Å². The fraction of sp³-hybridized carbons (Fsp3) is 0.412. The van der Waals surface area contributed by atoms with E-state index in [0.717, 1.165) is 5.69 Å². The van der Waals surface area contributed by atoms with E-state index in [2.05, 4.69) is 43.5 Å². The van der Waals surface area contributed by atoms with Crippen LogP contribution in [0.1, 0.15) is 29.2 Å². The summed E-state index contributed by atoms with van der Waals surface area (Å²) in [7, 11) is 1.87. The second-order valence-electron chi connectivity index (χ2n) is 5.57. The molecule has 0 saturated heterocycles. The molecule has 1 aliphatic heterocycles. The van der Waals surface area contributed by atoms with Crippen LogP contribution in [0.2, 0.25) is 0 Å². The van der Waals surface area contributed by atoms with Crippen molar-refractivity contribution < 1.29 is 0 Å². The van der Waals surface area contributed by atoms with Crippen molar-refractivity contribution in [1.29, 1.82) is 0 Å². The lowest BCUT2D eigenvalue weighted by atomic mass is 9.97. The van der Waals surface area contributed by atoms with Gasteiger partial charge in [0.15, 0.2) is 0 Å². The van der Waals surface area contributed by atoms with E-state index in [1.165, 1.54) is 22.3 Å². The number of anilines is 1. The van der Waals surface area contributed by atoms with Crippen molar-refractivity contribution in [2.24, 2.45) is 0 Å². The van der Waals surface area contributed by atoms with Gasteiger partial charge in [-0.25, -0.2) is 0 Å². The molecule has 2 rings (SSSR count). The standard InChI is InChI=1S/C17H20N4/c1-10-9-15(13(4)12(3)11(10)2)21-14(5)20(8)16(18-6)17(21)19-7/h9,14H,1-5,8H3/t14-/m0/s1. The predicted molar refractivity (Wildman–Crippen MR) is 85.3 cm³/mol. The largest absolute Gasteiger partial charge is 0.374 e. The van der Waals surface area contributed by atoms with Gasteiger partial charge in [0.25, 0.3) is 5.82 Å². The van der Waals surface area contributed by atoms with Gasteiger partial charge in [-0.2, -0.15) is 0 Å². The minimum absolute atomic E-state index is 0.0293. The molecule has 1 heterocycles. The molecule has 0 bridgehead atoms. The van der Waals surface area contributed by atoms with Gasteiger partial charge in [-0.3, -0.25) is 4.90 Å². The van der Waals surface area contributed by atoms with Crippen LogP contribution in [0.25, 0.3) is 9.69 Å². The average Bonchev–Trinajstić information content (AvgIpc) is 2.72. The Morgan fingerprint density at radius 1 is 0.952 bits per heavy atom. The Morgan fingerprint density at radius 3 is 2.05 bits per heavy atom. The van der Waals surface area contributed by atoms with Crippen molar-refractivity contribution in [3.63, 3.8) is 0 Å². The van der Waals surface area contributed by atoms with Crippen LogP contribution in [0, 0.1) is 40.8 Å². The zero-order valence-corrected chi connectivity index (χ0v) is 13.4. The third-order valence-electron chi connectivity index (χ3n) is 4.62. The highest BCUT2D eigenvalue weighted by Gasteiger charge is 2.39. The van der Waals surface area contributed by atoms with E-state index in [1.54, 1.807) is 0 Å². The summed E-state index contributed by atoms with van der Waals surface area (Å²) in [4.78, 5) is 11.0. The van der Waals surface area contributed by atoms with E-state index >= 15 is 0 Å². The van der Waals surface area contributed by atoms with Crippen LogP contribution in [0.15, 0.2) is 17.7 Å². The number of hydrogen-bond acceptors (Lipinski definition) is 2. The summed E-state index contributed by atoms with van der Waals surface area (Å²) in [5.74, 6) is 0.846. The highest BCUT2D eigenvalue weighted by Crippen LogP contribution is 2.38. The zero-order chi connectivity index (χ0) is 15.9. The molecule has 4 heteroatoms. The van der Waals surface area contributed by atoms with Gasteiger partial charge in [0, 0.05) is 6.92 Å². The summed E-state index contributed by atoms with van der Waals surface area (Å²) >= 11 is 0. The Morgan fingerprint density at radius 2 is 1.52 bits per heavy atom. The van der Waals surface area contributed by atoms with Crippen LogP contribution < -0.4 is 4.90 Å². The molecule has 0 saturated carbocycles. The van der Waals surface area contributed by atoms with Crippen molar-refractivity contribution in [3.8, 4) is 0 Å². The molecule has 0 aromatic heterocycles. The minimum Gasteiger partial charge on any atom is -0.374 e. The van der Waals surface area contributed by atoms with Crippen molar-refractivity contribution in [2.75, 3.05) is 11.9 Å². The number of rotatable bonds is 1. The van der Waals surface area contributed by atoms with Crippen LogP contribution in [0.5, 0.6) is 0 Å². The minimum atomic E-state index is -0.0293. The van der Waals surface area contributed by atoms with Gasteiger partial charge in [-0.1, -0.05) is 13.1 Å². The number of hydrogen-bond donors (Lipinski definition) is 0. The van der Waals surface area contributed by atoms with E-state index in [4.69, 9.17) is 13.1 Å². The zero-order valence-electron chi connectivity index (χ0n) is 13.4. The molecular weight excluding hydrogens is 260 g/mol. The molecule has 0 spiro atoms. The third kappa shape index (κ3) is 2.04. The maximum atomic E-state index is 7.47. The molecule has 0 aliphatic carbocycles. The lowest BCUT2D eigenvalue weighted by Crippen LogP contribution is -2.36. The first-order valence-electron chi connectivity index (χ1n) is 6.93. The highest BCUT2D eigenvalue weighted by molar-refractivity contribution is 5.66. The van der Waals surface area contributed by atoms with E-state index in [9.17, 15) is 0 Å². The van der Waals surface area contributed by atoms with Crippen molar-refractivity contribution in [3.05, 3.63) is 62.8 Å². The molecule has 0 fully saturated rings. The first-order valence-corrected chi connectivity index (χ1v) is 6.93. The maximum Gasteiger partial charge on any atom is 0.253 e. The van der Waals surface area contributed by atoms with Crippen LogP contribution >= 0.6 is 0 Å². The van der Waals surface area contributed by atoms with Gasteiger partial charge in [0.2, 0.25) is 12.0 Å². The first-order chi connectivity index (χ1) is 9.84. The Hall–Kier alpha value is -2.46. The van der Waals surface area contributed by atoms with Crippen molar-refractivity contribution in [1.82, 2.24) is 4.90 Å². The monoisotopic (exact) mass is 280 g/mol. The second-order valence-corrected chi connectivity index (χ2v) is 5.57. The lowest BCUT2D eigenvalue weighted by molar-refractivity contribution is 0.364. The smallest absolute Gasteiger partial charge is 0.253 e. The molecule has 1 atom stereocenters. The van der Waals surface area contributed by atoms with Crippen LogP contribution in [-0.4, -0.2) is 18.1 Å². The Bertz CT molecular complexity index is 716. The molecule has 1 aromatic carbocycles. The Labute approximate surface area is 126 Å². The van der Waals surface area contributed by atoms with E-state index in [1.807, 2.05) is 23.8 Å². The molecule has 1 aliphatic rings. The predicted octanol–water partition coefficient (Wildman–Crippen LogP) is 3.98. The van der Waals surface area contributed by atoms with Crippen LogP contribution in [0.3, 0.4) is 0 Å². The molecule has 21 heavy (non-hydrogen) atoms. The maximum absolute atomic E-state index is 7.47. The number of benzene rings is 1. The van der Waals surface area contributed by atoms with Crippen molar-refractivity contribution in [2.45, 2.75) is 40.8 Å². The summed E-state index contributed by atoms with van der Waals surface area (Å²) in [5, 5.41) is 0. The summed E-state index contributed by atoms with van der Waals surface area (Å²) < 4.78 is 0. The first kappa shape index (κ1) is 14.9. The van der Waals surface area contributed by atoms with E-state index in [-0.39, 0.29) is 6.17 Å². The SMILES string of the molecule is [C-]#[N+]C1=C([N+]#[C-])N(c2cc(C)c(C)c(C)c2C)[C@@H](C)N1C. The van der Waals surface area contributed by atoms with Gasteiger partial charge in [-0.05, 0) is 56.0 Å². The lowest BCUT2D eigenvalue weighted by Gasteiger charge is -2.26. The summed E-state index contributed by atoms with van der Waals surface area (Å²) in [5.41, 5.74) is 5.95. The number of aryl methyl sites for hydroxylation is 1. The average molecular weight is 280 g/mol. The molecule has 0 unspecified atom stereocenters. The van der Waals surface area contributed by atoms with Crippen LogP contribution in [0.4, 0.5) is 5.69 Å². The normalized spacial score (nSPS) is 18.0. The van der Waals surface area contributed by atoms with Gasteiger partial charge in [0.1, 0.15) is 5.69 Å². The topological polar surface area (TPSA) is 15.2 Å². The van der Waals surface area contributed by atoms with Gasteiger partial charge in [0.05, 0.1) is 7.05 Å². The van der Waals surface area contributed by atoms with Crippen molar-refractivity contribution >= 4 is 5.69 Å². The van der Waals surface area contributed by atoms with Gasteiger partial charge in [-0.15, -0.1) is 0 Å². The summed E-state index contributed by atoms with van der Waals surface area (Å²) in [6, 6.07) is 2.13. The number of nitrogens with zero attached hydrogens (tertiary/aromatic N) is 4. The summed E-state index contributed by atoms with van der Waals surface area (Å²) in [6.07, 6.45) is -0.0293. The fourth-order valence-electron chi connectivity index (χ4n) is 2.78. The molecule has 0 N–H and O–H groups in total. The molecule has 1 aromatic rings. The van der Waals surface area contributed by atoms with Gasteiger partial charge >= 0.3 is 0 Å². The second kappa shape index (κ2) is 5.14. The molecule has 108 valence electrons. The third-order valence-corrected chi connectivity index (χ3v) is 4.62. The fourth-order valence-corrected chi connectivity index (χ4v) is 2.78. The van der Waals surface area contributed by atoms with Crippen LogP contribution in [-0.2, 0) is 0 Å². The van der Waals surface area contributed by atoms with Gasteiger partial charge < -0.3 is 14.6 Å². The highest BCUT2D eigenvalue weighted by atomic mass is 15.5. The Balaban J connectivity index is 2.71. The molecule has 0 amide bonds. The van der Waals surface area contributed by atoms with E-state index < -0.39 is 0 Å². The molecular formula is C17H20N4. The Kier molecular flexibility index (Phi) is 3.66. The summed E-state index contributed by atoms with van der Waals surface area (Å²) in [6.45, 7) is 25.2. The quantitative estimate of drug-likeness (QED) is 0.723. The molecule has 4 nitrogen and oxygen atoms in total. The molecule has 0 radical (unpaired) electrons.